The number of hydrogen-bond donors (Lipinski definition) is 2. The fraction of sp³-hybridized carbons (Fsp3) is 0.125. The van der Waals surface area contributed by atoms with Gasteiger partial charge < -0.3 is 10.8 Å². The molecule has 0 fully saturated rings. The highest BCUT2D eigenvalue weighted by Crippen LogP contribution is 2.26. The lowest BCUT2D eigenvalue weighted by Gasteiger charge is -2.07. The van der Waals surface area contributed by atoms with Crippen molar-refractivity contribution < 1.29 is 18.3 Å². The van der Waals surface area contributed by atoms with E-state index >= 15 is 0 Å². The van der Waals surface area contributed by atoms with E-state index in [-0.39, 0.29) is 11.4 Å². The zero-order chi connectivity index (χ0) is 18.4. The maximum absolute atomic E-state index is 12.8. The molecule has 0 bridgehead atoms. The van der Waals surface area contributed by atoms with Gasteiger partial charge >= 0.3 is 0 Å². The van der Waals surface area contributed by atoms with Crippen molar-refractivity contribution in [2.75, 3.05) is 6.54 Å². The number of nitrogens with two attached hydrogens (primary N) is 1. The summed E-state index contributed by atoms with van der Waals surface area (Å²) in [6.07, 6.45) is 2.10. The van der Waals surface area contributed by atoms with Crippen LogP contribution in [0.3, 0.4) is 0 Å². The first-order valence-electron chi connectivity index (χ1n) is 7.20. The van der Waals surface area contributed by atoms with Crippen LogP contribution in [0, 0.1) is 0 Å². The van der Waals surface area contributed by atoms with Gasteiger partial charge in [-0.1, -0.05) is 29.8 Å². The third kappa shape index (κ3) is 3.98. The average molecular weight is 382 g/mol. The fourth-order valence-corrected chi connectivity index (χ4v) is 3.91. The number of halogens is 1. The normalized spacial score (nSPS) is 11.0. The van der Waals surface area contributed by atoms with E-state index in [1.165, 1.54) is 3.97 Å². The van der Waals surface area contributed by atoms with Gasteiger partial charge in [-0.3, -0.25) is 4.79 Å². The monoisotopic (exact) mass is 381 g/mol. The van der Waals surface area contributed by atoms with Crippen molar-refractivity contribution >= 4 is 39.1 Å². The first-order chi connectivity index (χ1) is 12.0. The summed E-state index contributed by atoms with van der Waals surface area (Å²) in [5.74, 6) is 0. The summed E-state index contributed by atoms with van der Waals surface area (Å²) in [5.41, 5.74) is 7.43. The molecule has 0 unspecified atom stereocenters. The topological polar surface area (TPSA) is 115 Å². The van der Waals surface area contributed by atoms with Gasteiger partial charge in [-0.05, 0) is 42.8 Å². The predicted octanol–water partition coefficient (Wildman–Crippen LogP) is 2.13. The third-order valence-electron chi connectivity index (χ3n) is 3.37. The van der Waals surface area contributed by atoms with E-state index in [1.54, 1.807) is 48.7 Å². The van der Waals surface area contributed by atoms with Crippen molar-refractivity contribution in [3.8, 4) is 0 Å². The van der Waals surface area contributed by atoms with E-state index in [0.717, 1.165) is 5.56 Å². The number of hydrogen-bond acceptors (Lipinski definition) is 5. The van der Waals surface area contributed by atoms with E-state index in [2.05, 4.69) is 4.98 Å². The van der Waals surface area contributed by atoms with Crippen molar-refractivity contribution in [2.45, 2.75) is 11.3 Å². The van der Waals surface area contributed by atoms with Crippen molar-refractivity contribution in [1.29, 1.82) is 0 Å². The van der Waals surface area contributed by atoms with Crippen molar-refractivity contribution in [3.05, 3.63) is 59.4 Å². The SMILES string of the molecule is NCCc1cn(S(=O)(=O)c2ccccc2)c2ccc(Cl)nc12.O=CO. The van der Waals surface area contributed by atoms with Gasteiger partial charge in [0.2, 0.25) is 0 Å². The first kappa shape index (κ1) is 18.9. The number of nitrogens with zero attached hydrogens (tertiary/aromatic N) is 2. The number of pyridine rings is 1. The number of fused-ring (bicyclic) bond motifs is 1. The lowest BCUT2D eigenvalue weighted by atomic mass is 10.2. The van der Waals surface area contributed by atoms with E-state index in [0.29, 0.717) is 29.2 Å². The van der Waals surface area contributed by atoms with Crippen LogP contribution >= 0.6 is 11.6 Å². The molecule has 0 aliphatic carbocycles. The molecule has 0 aliphatic heterocycles. The molecule has 3 N–H and O–H groups in total. The standard InChI is InChI=1S/C15H14ClN3O2S.CH2O2/c16-14-7-6-13-15(18-14)11(8-9-17)10-19(13)22(20,21)12-4-2-1-3-5-12;2-1-3/h1-7,10H,8-9,17H2;1H,(H,2,3). The Morgan fingerprint density at radius 2 is 1.84 bits per heavy atom. The predicted molar refractivity (Wildman–Crippen MR) is 95.2 cm³/mol. The number of carboxylic acid groups (broad SMARTS) is 1. The maximum Gasteiger partial charge on any atom is 0.290 e. The molecule has 0 radical (unpaired) electrons. The van der Waals surface area contributed by atoms with Crippen LogP contribution in [0.1, 0.15) is 5.56 Å². The summed E-state index contributed by atoms with van der Waals surface area (Å²) in [7, 11) is -3.68. The lowest BCUT2D eigenvalue weighted by Crippen LogP contribution is -2.11. The van der Waals surface area contributed by atoms with Crippen LogP contribution in [0.25, 0.3) is 11.0 Å². The highest BCUT2D eigenvalue weighted by Gasteiger charge is 2.21. The first-order valence-corrected chi connectivity index (χ1v) is 9.02. The molecule has 1 aromatic carbocycles. The Morgan fingerprint density at radius 3 is 2.44 bits per heavy atom. The second-order valence-corrected chi connectivity index (χ2v) is 7.12. The molecular weight excluding hydrogens is 366 g/mol. The fourth-order valence-electron chi connectivity index (χ4n) is 2.36. The number of benzene rings is 1. The van der Waals surface area contributed by atoms with Gasteiger partial charge in [0.05, 0.1) is 15.9 Å². The third-order valence-corrected chi connectivity index (χ3v) is 5.27. The Morgan fingerprint density at radius 1 is 1.20 bits per heavy atom. The molecule has 7 nitrogen and oxygen atoms in total. The zero-order valence-electron chi connectivity index (χ0n) is 13.0. The summed E-state index contributed by atoms with van der Waals surface area (Å²) in [5, 5.41) is 7.21. The summed E-state index contributed by atoms with van der Waals surface area (Å²) < 4.78 is 26.9. The van der Waals surface area contributed by atoms with Crippen LogP contribution in [0.4, 0.5) is 0 Å². The van der Waals surface area contributed by atoms with Crippen LogP contribution in [0.15, 0.2) is 53.6 Å². The number of rotatable bonds is 4. The van der Waals surface area contributed by atoms with Crippen LogP contribution in [-0.4, -0.2) is 35.5 Å². The minimum Gasteiger partial charge on any atom is -0.483 e. The van der Waals surface area contributed by atoms with Gasteiger partial charge in [-0.2, -0.15) is 0 Å². The lowest BCUT2D eigenvalue weighted by molar-refractivity contribution is -0.122. The quantitative estimate of drug-likeness (QED) is 0.528. The molecule has 2 heterocycles. The smallest absolute Gasteiger partial charge is 0.290 e. The van der Waals surface area contributed by atoms with Gasteiger partial charge in [0.1, 0.15) is 5.15 Å². The minimum atomic E-state index is -3.68. The Kier molecular flexibility index (Phi) is 6.13. The van der Waals surface area contributed by atoms with Crippen LogP contribution in [-0.2, 0) is 21.2 Å². The van der Waals surface area contributed by atoms with Crippen LogP contribution < -0.4 is 5.73 Å². The molecule has 2 aromatic heterocycles. The molecule has 0 spiro atoms. The van der Waals surface area contributed by atoms with E-state index in [9.17, 15) is 8.42 Å². The van der Waals surface area contributed by atoms with Gasteiger partial charge in [-0.15, -0.1) is 0 Å². The van der Waals surface area contributed by atoms with Crippen LogP contribution in [0.2, 0.25) is 5.15 Å². The molecule has 25 heavy (non-hydrogen) atoms. The van der Waals surface area contributed by atoms with E-state index in [4.69, 9.17) is 27.2 Å². The highest BCUT2D eigenvalue weighted by molar-refractivity contribution is 7.90. The van der Waals surface area contributed by atoms with Crippen molar-refractivity contribution in [1.82, 2.24) is 8.96 Å². The summed E-state index contributed by atoms with van der Waals surface area (Å²) in [6.45, 7) is 0.151. The molecule has 0 saturated carbocycles. The Bertz CT molecular complexity index is 972. The summed E-state index contributed by atoms with van der Waals surface area (Å²) in [6, 6.07) is 11.5. The molecular formula is C16H16ClN3O4S. The summed E-state index contributed by atoms with van der Waals surface area (Å²) >= 11 is 5.93. The largest absolute Gasteiger partial charge is 0.483 e. The molecule has 0 amide bonds. The molecule has 9 heteroatoms. The molecule has 3 rings (SSSR count). The van der Waals surface area contributed by atoms with Crippen molar-refractivity contribution in [3.63, 3.8) is 0 Å². The number of carbonyl (C=O) groups is 1. The molecule has 132 valence electrons. The Labute approximate surface area is 149 Å². The highest BCUT2D eigenvalue weighted by atomic mass is 35.5. The summed E-state index contributed by atoms with van der Waals surface area (Å²) in [4.78, 5) is 12.8. The molecule has 3 aromatic rings. The average Bonchev–Trinajstić information content (AvgIpc) is 2.95. The second-order valence-electron chi connectivity index (χ2n) is 4.91. The van der Waals surface area contributed by atoms with Crippen LogP contribution in [0.5, 0.6) is 0 Å². The van der Waals surface area contributed by atoms with Gasteiger partial charge in [-0.25, -0.2) is 17.4 Å². The number of aromatic nitrogens is 2. The second kappa shape index (κ2) is 8.11. The van der Waals surface area contributed by atoms with Gasteiger partial charge in [0.25, 0.3) is 16.5 Å². The Balaban J connectivity index is 0.000000701. The van der Waals surface area contributed by atoms with Gasteiger partial charge in [0, 0.05) is 6.20 Å². The molecule has 0 atom stereocenters. The zero-order valence-corrected chi connectivity index (χ0v) is 14.6. The maximum atomic E-state index is 12.8. The molecule has 0 aliphatic rings. The van der Waals surface area contributed by atoms with Crippen molar-refractivity contribution in [2.24, 2.45) is 5.73 Å². The van der Waals surface area contributed by atoms with Gasteiger partial charge in [0.15, 0.2) is 0 Å². The van der Waals surface area contributed by atoms with E-state index < -0.39 is 10.0 Å². The van der Waals surface area contributed by atoms with E-state index in [1.807, 2.05) is 0 Å². The molecule has 0 saturated heterocycles. The minimum absolute atomic E-state index is 0.223. The Hall–Kier alpha value is -2.42.